The van der Waals surface area contributed by atoms with Crippen molar-refractivity contribution >= 4 is 17.4 Å². The van der Waals surface area contributed by atoms with Crippen molar-refractivity contribution in [2.24, 2.45) is 11.8 Å². The molecule has 1 saturated carbocycles. The Hall–Kier alpha value is -1.10. The topological polar surface area (TPSA) is 42.4 Å². The summed E-state index contributed by atoms with van der Waals surface area (Å²) in [4.78, 5) is 18.1. The lowest BCUT2D eigenvalue weighted by Gasteiger charge is -2.25. The van der Waals surface area contributed by atoms with Gasteiger partial charge in [0, 0.05) is 30.6 Å². The van der Waals surface area contributed by atoms with E-state index in [2.05, 4.69) is 4.98 Å². The third-order valence-corrected chi connectivity index (χ3v) is 4.46. The molecule has 18 heavy (non-hydrogen) atoms. The first kappa shape index (κ1) is 12.0. The molecule has 2 aliphatic rings. The van der Waals surface area contributed by atoms with E-state index in [1.165, 1.54) is 5.01 Å². The van der Waals surface area contributed by atoms with Crippen molar-refractivity contribution < 1.29 is 9.53 Å². The van der Waals surface area contributed by atoms with E-state index < -0.39 is 5.60 Å². The number of aromatic nitrogens is 1. The number of carbonyl (C=O) groups is 1. The number of carbonyl (C=O) groups excluding carboxylic acids is 1. The molecule has 0 radical (unpaired) electrons. The van der Waals surface area contributed by atoms with Gasteiger partial charge in [-0.2, -0.15) is 0 Å². The number of rotatable bonds is 1. The second-order valence-corrected chi connectivity index (χ2v) is 7.04. The van der Waals surface area contributed by atoms with Crippen LogP contribution in [-0.4, -0.2) is 34.7 Å². The van der Waals surface area contributed by atoms with Gasteiger partial charge in [-0.3, -0.25) is 0 Å². The fraction of sp³-hybridized carbons (Fsp3) is 0.692. The van der Waals surface area contributed by atoms with E-state index in [-0.39, 0.29) is 6.09 Å². The molecule has 1 aliphatic heterocycles. The van der Waals surface area contributed by atoms with Crippen LogP contribution in [0, 0.1) is 11.8 Å². The quantitative estimate of drug-likeness (QED) is 0.785. The Labute approximate surface area is 111 Å². The minimum absolute atomic E-state index is 0.174. The van der Waals surface area contributed by atoms with Crippen molar-refractivity contribution in [1.29, 1.82) is 0 Å². The predicted molar refractivity (Wildman–Crippen MR) is 69.6 cm³/mol. The van der Waals surface area contributed by atoms with Gasteiger partial charge in [-0.1, -0.05) is 0 Å². The number of nitrogens with zero attached hydrogens (tertiary/aromatic N) is 2. The van der Waals surface area contributed by atoms with Crippen molar-refractivity contribution in [1.82, 2.24) is 9.88 Å². The van der Waals surface area contributed by atoms with Crippen LogP contribution in [0.4, 0.5) is 4.79 Å². The Morgan fingerprint density at radius 3 is 2.61 bits per heavy atom. The maximum atomic E-state index is 11.9. The normalized spacial score (nSPS) is 30.2. The number of fused-ring (bicyclic) bond motifs is 1. The summed E-state index contributed by atoms with van der Waals surface area (Å²) in [5, 5.41) is 3.25. The Morgan fingerprint density at radius 1 is 1.44 bits per heavy atom. The van der Waals surface area contributed by atoms with E-state index in [1.807, 2.05) is 37.2 Å². The van der Waals surface area contributed by atoms with Crippen LogP contribution >= 0.6 is 11.3 Å². The van der Waals surface area contributed by atoms with Gasteiger partial charge in [0.25, 0.3) is 0 Å². The highest BCUT2D eigenvalue weighted by atomic mass is 32.1. The Morgan fingerprint density at radius 2 is 2.11 bits per heavy atom. The first-order valence-electron chi connectivity index (χ1n) is 6.33. The fourth-order valence-corrected chi connectivity index (χ4v) is 3.66. The van der Waals surface area contributed by atoms with Gasteiger partial charge in [-0.25, -0.2) is 9.78 Å². The van der Waals surface area contributed by atoms with Crippen LogP contribution in [-0.2, 0) is 4.74 Å². The number of amides is 1. The molecule has 0 spiro atoms. The van der Waals surface area contributed by atoms with Crippen LogP contribution in [0.2, 0.25) is 0 Å². The molecular weight excluding hydrogens is 248 g/mol. The molecule has 1 unspecified atom stereocenters. The van der Waals surface area contributed by atoms with Crippen molar-refractivity contribution in [2.45, 2.75) is 32.3 Å². The average molecular weight is 266 g/mol. The molecule has 98 valence electrons. The third-order valence-electron chi connectivity index (χ3n) is 3.58. The molecule has 0 aromatic carbocycles. The van der Waals surface area contributed by atoms with Gasteiger partial charge < -0.3 is 9.64 Å². The molecule has 1 aromatic rings. The van der Waals surface area contributed by atoms with Crippen molar-refractivity contribution in [3.05, 3.63) is 16.6 Å². The molecular formula is C13H18N2O2S. The van der Waals surface area contributed by atoms with Gasteiger partial charge in [-0.15, -0.1) is 11.3 Å². The molecule has 5 heteroatoms. The molecule has 1 aliphatic carbocycles. The largest absolute Gasteiger partial charge is 0.444 e. The third kappa shape index (κ3) is 2.11. The minimum Gasteiger partial charge on any atom is -0.444 e. The predicted octanol–water partition coefficient (Wildman–Crippen LogP) is 2.72. The van der Waals surface area contributed by atoms with E-state index in [9.17, 15) is 4.79 Å². The summed E-state index contributed by atoms with van der Waals surface area (Å²) in [6.45, 7) is 7.36. The summed E-state index contributed by atoms with van der Waals surface area (Å²) in [5.41, 5.74) is -0.404. The minimum atomic E-state index is -0.404. The van der Waals surface area contributed by atoms with Gasteiger partial charge in [0.1, 0.15) is 5.60 Å². The number of likely N-dealkylation sites (tertiary alicyclic amines) is 1. The highest BCUT2D eigenvalue weighted by Gasteiger charge is 2.58. The van der Waals surface area contributed by atoms with Crippen LogP contribution in [0.5, 0.6) is 0 Å². The second-order valence-electron chi connectivity index (χ2n) is 6.11. The lowest BCUT2D eigenvalue weighted by molar-refractivity contribution is 0.0271. The van der Waals surface area contributed by atoms with Gasteiger partial charge >= 0.3 is 6.09 Å². The highest BCUT2D eigenvalue weighted by molar-refractivity contribution is 7.09. The lowest BCUT2D eigenvalue weighted by atomic mass is 10.2. The molecule has 1 amide bonds. The summed E-state index contributed by atoms with van der Waals surface area (Å²) in [6.07, 6.45) is 1.69. The first-order chi connectivity index (χ1) is 8.46. The molecule has 1 aromatic heterocycles. The number of hydrogen-bond donors (Lipinski definition) is 0. The van der Waals surface area contributed by atoms with Crippen LogP contribution in [0.3, 0.4) is 0 Å². The molecule has 2 fully saturated rings. The summed E-state index contributed by atoms with van der Waals surface area (Å²) < 4.78 is 5.39. The summed E-state index contributed by atoms with van der Waals surface area (Å²) in [6, 6.07) is 0. The fourth-order valence-electron chi connectivity index (χ4n) is 2.77. The Balaban J connectivity index is 1.56. The average Bonchev–Trinajstić information content (AvgIpc) is 2.76. The first-order valence-corrected chi connectivity index (χ1v) is 7.21. The smallest absolute Gasteiger partial charge is 0.410 e. The van der Waals surface area contributed by atoms with E-state index in [0.29, 0.717) is 17.8 Å². The van der Waals surface area contributed by atoms with Gasteiger partial charge in [-0.05, 0) is 32.6 Å². The van der Waals surface area contributed by atoms with E-state index in [4.69, 9.17) is 4.74 Å². The van der Waals surface area contributed by atoms with E-state index in [0.717, 1.165) is 13.1 Å². The van der Waals surface area contributed by atoms with E-state index in [1.54, 1.807) is 11.3 Å². The van der Waals surface area contributed by atoms with Crippen LogP contribution in [0.25, 0.3) is 0 Å². The summed E-state index contributed by atoms with van der Waals surface area (Å²) in [7, 11) is 0. The summed E-state index contributed by atoms with van der Waals surface area (Å²) in [5.74, 6) is 1.79. The number of thiazole rings is 1. The molecule has 3 rings (SSSR count). The monoisotopic (exact) mass is 266 g/mol. The number of ether oxygens (including phenoxy) is 1. The molecule has 1 saturated heterocycles. The SMILES string of the molecule is CC(C)(C)OC(=O)N1C[C@@H]2C(c3nccs3)[C@@H]2C1. The van der Waals surface area contributed by atoms with Crippen LogP contribution in [0.15, 0.2) is 11.6 Å². The van der Waals surface area contributed by atoms with Gasteiger partial charge in [0.05, 0.1) is 5.01 Å². The van der Waals surface area contributed by atoms with Crippen LogP contribution in [0.1, 0.15) is 31.7 Å². The molecule has 4 nitrogen and oxygen atoms in total. The molecule has 2 heterocycles. The maximum absolute atomic E-state index is 11.9. The summed E-state index contributed by atoms with van der Waals surface area (Å²) >= 11 is 1.72. The molecule has 0 bridgehead atoms. The highest BCUT2D eigenvalue weighted by Crippen LogP contribution is 2.58. The Bertz CT molecular complexity index is 440. The van der Waals surface area contributed by atoms with Gasteiger partial charge in [0.2, 0.25) is 0 Å². The van der Waals surface area contributed by atoms with E-state index >= 15 is 0 Å². The second kappa shape index (κ2) is 3.95. The number of piperidine rings is 1. The van der Waals surface area contributed by atoms with Crippen molar-refractivity contribution in [3.8, 4) is 0 Å². The van der Waals surface area contributed by atoms with Crippen LogP contribution < -0.4 is 0 Å². The molecule has 3 atom stereocenters. The lowest BCUT2D eigenvalue weighted by Crippen LogP contribution is -2.36. The van der Waals surface area contributed by atoms with Gasteiger partial charge in [0.15, 0.2) is 0 Å². The Kier molecular flexibility index (Phi) is 2.62. The maximum Gasteiger partial charge on any atom is 0.410 e. The molecule has 0 N–H and O–H groups in total. The standard InChI is InChI=1S/C13H18N2O2S/c1-13(2,3)17-12(16)15-6-8-9(7-15)10(8)11-14-4-5-18-11/h4-5,8-10H,6-7H2,1-3H3/t8-,9+,10?. The van der Waals surface area contributed by atoms with Crippen molar-refractivity contribution in [3.63, 3.8) is 0 Å². The zero-order valence-corrected chi connectivity index (χ0v) is 11.7. The zero-order valence-electron chi connectivity index (χ0n) is 10.9. The van der Waals surface area contributed by atoms with Crippen molar-refractivity contribution in [2.75, 3.05) is 13.1 Å². The number of hydrogen-bond acceptors (Lipinski definition) is 4. The zero-order chi connectivity index (χ0) is 12.9.